The van der Waals surface area contributed by atoms with Crippen molar-refractivity contribution in [1.82, 2.24) is 4.98 Å². The Morgan fingerprint density at radius 2 is 2.14 bits per heavy atom. The Labute approximate surface area is 120 Å². The zero-order chi connectivity index (χ0) is 15.2. The van der Waals surface area contributed by atoms with E-state index in [1.807, 2.05) is 0 Å². The van der Waals surface area contributed by atoms with E-state index >= 15 is 0 Å². The Morgan fingerprint density at radius 3 is 2.81 bits per heavy atom. The second-order valence-corrected chi connectivity index (χ2v) is 4.06. The molecule has 0 saturated carbocycles. The molecule has 0 radical (unpaired) electrons. The molecule has 0 unspecified atom stereocenters. The molecular formula is C14H11N3O4. The highest BCUT2D eigenvalue weighted by Gasteiger charge is 2.23. The van der Waals surface area contributed by atoms with Crippen molar-refractivity contribution in [3.63, 3.8) is 0 Å². The third kappa shape index (κ3) is 3.13. The number of pyridine rings is 1. The number of ether oxygens (including phenoxy) is 1. The minimum Gasteiger partial charge on any atom is -0.433 e. The quantitative estimate of drug-likeness (QED) is 0.666. The molecule has 0 amide bonds. The van der Waals surface area contributed by atoms with Gasteiger partial charge < -0.3 is 9.84 Å². The number of aliphatic hydroxyl groups excluding tert-OH is 1. The van der Waals surface area contributed by atoms with Crippen LogP contribution in [0, 0.1) is 21.4 Å². The van der Waals surface area contributed by atoms with Crippen LogP contribution in [0.2, 0.25) is 0 Å². The van der Waals surface area contributed by atoms with Gasteiger partial charge in [-0.15, -0.1) is 0 Å². The topological polar surface area (TPSA) is 109 Å². The maximum Gasteiger partial charge on any atom is 0.348 e. The third-order valence-electron chi connectivity index (χ3n) is 2.75. The molecule has 0 aliphatic carbocycles. The van der Waals surface area contributed by atoms with Gasteiger partial charge in [-0.3, -0.25) is 10.1 Å². The molecule has 7 heteroatoms. The monoisotopic (exact) mass is 285 g/mol. The number of nitrogens with zero attached hydrogens (tertiary/aromatic N) is 3. The van der Waals surface area contributed by atoms with E-state index in [9.17, 15) is 10.1 Å². The third-order valence-corrected chi connectivity index (χ3v) is 2.75. The zero-order valence-corrected chi connectivity index (χ0v) is 10.9. The van der Waals surface area contributed by atoms with Gasteiger partial charge in [0, 0.05) is 12.8 Å². The molecule has 1 N–H and O–H groups in total. The van der Waals surface area contributed by atoms with Crippen LogP contribution in [0.25, 0.3) is 0 Å². The number of hydrogen-bond acceptors (Lipinski definition) is 6. The van der Waals surface area contributed by atoms with E-state index in [4.69, 9.17) is 15.1 Å². The maximum absolute atomic E-state index is 11.1. The molecule has 1 heterocycles. The van der Waals surface area contributed by atoms with Crippen molar-refractivity contribution in [3.05, 3.63) is 57.8 Å². The van der Waals surface area contributed by atoms with Crippen LogP contribution in [0.1, 0.15) is 11.1 Å². The summed E-state index contributed by atoms with van der Waals surface area (Å²) in [7, 11) is 0. The lowest BCUT2D eigenvalue weighted by atomic mass is 10.1. The number of aromatic nitrogens is 1. The van der Waals surface area contributed by atoms with Gasteiger partial charge in [0.25, 0.3) is 0 Å². The average Bonchev–Trinajstić information content (AvgIpc) is 2.49. The highest BCUT2D eigenvalue weighted by Crippen LogP contribution is 2.33. The van der Waals surface area contributed by atoms with Gasteiger partial charge in [-0.1, -0.05) is 18.2 Å². The molecule has 1 aromatic carbocycles. The van der Waals surface area contributed by atoms with Gasteiger partial charge >= 0.3 is 11.6 Å². The summed E-state index contributed by atoms with van der Waals surface area (Å²) in [4.78, 5) is 14.2. The fourth-order valence-electron chi connectivity index (χ4n) is 1.81. The Hall–Kier alpha value is -2.98. The summed E-state index contributed by atoms with van der Waals surface area (Å²) in [5.74, 6) is 0.113. The number of hydrogen-bond donors (Lipinski definition) is 1. The molecule has 21 heavy (non-hydrogen) atoms. The first-order chi connectivity index (χ1) is 10.2. The lowest BCUT2D eigenvalue weighted by Gasteiger charge is -2.09. The van der Waals surface area contributed by atoms with E-state index in [1.54, 1.807) is 30.3 Å². The number of benzene rings is 1. The van der Waals surface area contributed by atoms with Gasteiger partial charge in [0.2, 0.25) is 0 Å². The molecule has 0 fully saturated rings. The molecule has 7 nitrogen and oxygen atoms in total. The van der Waals surface area contributed by atoms with Crippen LogP contribution in [-0.4, -0.2) is 21.6 Å². The Bertz CT molecular complexity index is 710. The first kappa shape index (κ1) is 14.4. The number of rotatable bonds is 5. The van der Waals surface area contributed by atoms with Crippen LogP contribution in [0.3, 0.4) is 0 Å². The highest BCUT2D eigenvalue weighted by molar-refractivity contribution is 5.55. The predicted molar refractivity (Wildman–Crippen MR) is 72.9 cm³/mol. The van der Waals surface area contributed by atoms with E-state index in [1.165, 1.54) is 12.3 Å². The number of aliphatic hydroxyl groups is 1. The van der Waals surface area contributed by atoms with Crippen LogP contribution >= 0.6 is 0 Å². The van der Waals surface area contributed by atoms with E-state index in [2.05, 4.69) is 4.98 Å². The zero-order valence-electron chi connectivity index (χ0n) is 10.9. The number of nitro groups is 1. The van der Waals surface area contributed by atoms with Gasteiger partial charge in [0.1, 0.15) is 17.4 Å². The minimum atomic E-state index is -0.699. The molecule has 0 atom stereocenters. The molecule has 0 bridgehead atoms. The number of nitriles is 1. The van der Waals surface area contributed by atoms with E-state index < -0.39 is 10.6 Å². The first-order valence-corrected chi connectivity index (χ1v) is 6.07. The summed E-state index contributed by atoms with van der Waals surface area (Å²) >= 11 is 0. The van der Waals surface area contributed by atoms with Crippen molar-refractivity contribution in [2.75, 3.05) is 6.61 Å². The molecule has 2 rings (SSSR count). The molecule has 0 saturated heterocycles. The van der Waals surface area contributed by atoms with E-state index in [-0.39, 0.29) is 18.1 Å². The van der Waals surface area contributed by atoms with Crippen molar-refractivity contribution in [1.29, 1.82) is 5.26 Å². The van der Waals surface area contributed by atoms with Crippen LogP contribution in [0.5, 0.6) is 11.6 Å². The highest BCUT2D eigenvalue weighted by atomic mass is 16.6. The van der Waals surface area contributed by atoms with Crippen molar-refractivity contribution < 1.29 is 14.8 Å². The van der Waals surface area contributed by atoms with Crippen molar-refractivity contribution in [3.8, 4) is 17.7 Å². The Morgan fingerprint density at radius 1 is 1.38 bits per heavy atom. The number of para-hydroxylation sites is 1. The Balaban J connectivity index is 2.46. The molecule has 1 aromatic heterocycles. The SMILES string of the molecule is N#Cc1ccnc(Oc2ccccc2CCO)c1[N+](=O)[O-]. The van der Waals surface area contributed by atoms with Crippen LogP contribution < -0.4 is 4.74 Å². The average molecular weight is 285 g/mol. The fraction of sp³-hybridized carbons (Fsp3) is 0.143. The normalized spacial score (nSPS) is 9.90. The largest absolute Gasteiger partial charge is 0.433 e. The van der Waals surface area contributed by atoms with Crippen molar-refractivity contribution in [2.45, 2.75) is 6.42 Å². The van der Waals surface area contributed by atoms with Crippen molar-refractivity contribution >= 4 is 5.69 Å². The van der Waals surface area contributed by atoms with Crippen molar-refractivity contribution in [2.24, 2.45) is 0 Å². The maximum atomic E-state index is 11.1. The minimum absolute atomic E-state index is 0.0753. The molecule has 0 spiro atoms. The lowest BCUT2D eigenvalue weighted by Crippen LogP contribution is -2.01. The van der Waals surface area contributed by atoms with E-state index in [0.717, 1.165) is 0 Å². The second-order valence-electron chi connectivity index (χ2n) is 4.06. The van der Waals surface area contributed by atoms with Gasteiger partial charge in [-0.05, 0) is 24.1 Å². The summed E-state index contributed by atoms with van der Waals surface area (Å²) in [6.07, 6.45) is 1.62. The van der Waals surface area contributed by atoms with Gasteiger partial charge in [0.05, 0.1) is 4.92 Å². The summed E-state index contributed by atoms with van der Waals surface area (Å²) in [5.41, 5.74) is 0.0990. The summed E-state index contributed by atoms with van der Waals surface area (Å²) in [6, 6.07) is 9.83. The first-order valence-electron chi connectivity index (χ1n) is 6.07. The molecule has 0 aliphatic rings. The lowest BCUT2D eigenvalue weighted by molar-refractivity contribution is -0.386. The molecular weight excluding hydrogens is 274 g/mol. The summed E-state index contributed by atoms with van der Waals surface area (Å²) < 4.78 is 5.48. The molecule has 2 aromatic rings. The van der Waals surface area contributed by atoms with E-state index in [0.29, 0.717) is 17.7 Å². The van der Waals surface area contributed by atoms with Gasteiger partial charge in [-0.25, -0.2) is 4.98 Å². The molecule has 106 valence electrons. The fourth-order valence-corrected chi connectivity index (χ4v) is 1.81. The summed E-state index contributed by atoms with van der Waals surface area (Å²) in [6.45, 7) is -0.0753. The summed E-state index contributed by atoms with van der Waals surface area (Å²) in [5, 5.41) is 29.0. The van der Waals surface area contributed by atoms with Gasteiger partial charge in [0.15, 0.2) is 0 Å². The second kappa shape index (κ2) is 6.45. The van der Waals surface area contributed by atoms with Crippen LogP contribution in [-0.2, 0) is 6.42 Å². The van der Waals surface area contributed by atoms with Crippen LogP contribution in [0.4, 0.5) is 5.69 Å². The van der Waals surface area contributed by atoms with Crippen LogP contribution in [0.15, 0.2) is 36.5 Å². The standard InChI is InChI=1S/C14H11N3O4/c15-9-11-5-7-16-14(13(11)17(19)20)21-12-4-2-1-3-10(12)6-8-18/h1-5,7,18H,6,8H2. The Kier molecular flexibility index (Phi) is 4.43. The molecule has 0 aliphatic heterocycles. The smallest absolute Gasteiger partial charge is 0.348 e. The predicted octanol–water partition coefficient (Wildman–Crippen LogP) is 2.19. The van der Waals surface area contributed by atoms with Gasteiger partial charge in [-0.2, -0.15) is 5.26 Å².